The van der Waals surface area contributed by atoms with Crippen molar-refractivity contribution in [2.24, 2.45) is 7.05 Å². The molecule has 0 aliphatic rings. The van der Waals surface area contributed by atoms with Gasteiger partial charge in [0.05, 0.1) is 0 Å². The van der Waals surface area contributed by atoms with Crippen molar-refractivity contribution in [2.75, 3.05) is 13.1 Å². The van der Waals surface area contributed by atoms with E-state index in [0.29, 0.717) is 6.42 Å². The van der Waals surface area contributed by atoms with Gasteiger partial charge in [-0.2, -0.15) is 0 Å². The number of hydrogen-bond donors (Lipinski definition) is 2. The highest BCUT2D eigenvalue weighted by molar-refractivity contribution is 5.02. The fourth-order valence-corrected chi connectivity index (χ4v) is 1.50. The summed E-state index contributed by atoms with van der Waals surface area (Å²) in [5, 5.41) is 13.3. The van der Waals surface area contributed by atoms with Crippen LogP contribution in [-0.4, -0.2) is 27.7 Å². The molecular weight excluding hydrogens is 178 g/mol. The van der Waals surface area contributed by atoms with Gasteiger partial charge in [-0.15, -0.1) is 0 Å². The van der Waals surface area contributed by atoms with Gasteiger partial charge in [0.1, 0.15) is 11.4 Å². The average Bonchev–Trinajstić information content (AvgIpc) is 2.52. The van der Waals surface area contributed by atoms with Gasteiger partial charge in [-0.05, 0) is 26.4 Å². The maximum atomic E-state index is 10.2. The van der Waals surface area contributed by atoms with Crippen molar-refractivity contribution >= 4 is 0 Å². The third-order valence-corrected chi connectivity index (χ3v) is 2.34. The first kappa shape index (κ1) is 11.2. The van der Waals surface area contributed by atoms with Gasteiger partial charge in [0.15, 0.2) is 0 Å². The van der Waals surface area contributed by atoms with Crippen molar-refractivity contribution in [1.29, 1.82) is 0 Å². The summed E-state index contributed by atoms with van der Waals surface area (Å²) in [6.45, 7) is 5.58. The Balaban J connectivity index is 2.61. The Labute approximate surface area is 85.0 Å². The Morgan fingerprint density at radius 2 is 2.36 bits per heavy atom. The van der Waals surface area contributed by atoms with Gasteiger partial charge >= 0.3 is 0 Å². The number of nitrogens with zero attached hydrogens (tertiary/aromatic N) is 2. The van der Waals surface area contributed by atoms with Gasteiger partial charge in [0.25, 0.3) is 0 Å². The Bertz CT molecular complexity index is 281. The Morgan fingerprint density at radius 1 is 1.64 bits per heavy atom. The van der Waals surface area contributed by atoms with E-state index in [4.69, 9.17) is 0 Å². The second-order valence-electron chi connectivity index (χ2n) is 3.74. The lowest BCUT2D eigenvalue weighted by Crippen LogP contribution is -2.30. The molecule has 0 bridgehead atoms. The molecule has 2 N–H and O–H groups in total. The molecular formula is C10H19N3O. The van der Waals surface area contributed by atoms with Crippen LogP contribution in [0.25, 0.3) is 0 Å². The number of aliphatic hydroxyl groups is 1. The monoisotopic (exact) mass is 197 g/mol. The van der Waals surface area contributed by atoms with Crippen LogP contribution in [-0.2, 0) is 12.6 Å². The van der Waals surface area contributed by atoms with Crippen molar-refractivity contribution < 1.29 is 5.11 Å². The summed E-state index contributed by atoms with van der Waals surface area (Å²) in [5.41, 5.74) is -0.847. The van der Waals surface area contributed by atoms with Crippen molar-refractivity contribution in [3.63, 3.8) is 0 Å². The highest BCUT2D eigenvalue weighted by Gasteiger charge is 2.26. The average molecular weight is 197 g/mol. The predicted molar refractivity (Wildman–Crippen MR) is 55.9 cm³/mol. The van der Waals surface area contributed by atoms with Crippen molar-refractivity contribution in [1.82, 2.24) is 14.9 Å². The van der Waals surface area contributed by atoms with E-state index < -0.39 is 5.60 Å². The number of aryl methyl sites for hydroxylation is 1. The van der Waals surface area contributed by atoms with Crippen LogP contribution in [0.4, 0.5) is 0 Å². The summed E-state index contributed by atoms with van der Waals surface area (Å²) in [7, 11) is 1.89. The summed E-state index contributed by atoms with van der Waals surface area (Å²) in [4.78, 5) is 4.15. The van der Waals surface area contributed by atoms with Crippen LogP contribution in [0.3, 0.4) is 0 Å². The van der Waals surface area contributed by atoms with Crippen LogP contribution < -0.4 is 5.32 Å². The molecule has 0 aromatic carbocycles. The number of imidazole rings is 1. The van der Waals surface area contributed by atoms with Gasteiger partial charge in [0.2, 0.25) is 0 Å². The van der Waals surface area contributed by atoms with Crippen LogP contribution in [0, 0.1) is 0 Å². The van der Waals surface area contributed by atoms with Crippen molar-refractivity contribution in [3.05, 3.63) is 18.2 Å². The molecule has 0 aliphatic carbocycles. The largest absolute Gasteiger partial charge is 0.382 e. The standard InChI is InChI=1S/C10H19N3O/c1-4-11-6-5-10(2,14)9-12-7-8-13(9)3/h7-8,11,14H,4-6H2,1-3H3. The molecule has 1 atom stereocenters. The van der Waals surface area contributed by atoms with E-state index in [1.165, 1.54) is 0 Å². The van der Waals surface area contributed by atoms with E-state index in [0.717, 1.165) is 18.9 Å². The predicted octanol–water partition coefficient (Wildman–Crippen LogP) is 0.627. The molecule has 1 aromatic rings. The zero-order valence-electron chi connectivity index (χ0n) is 9.12. The van der Waals surface area contributed by atoms with E-state index in [2.05, 4.69) is 17.2 Å². The minimum atomic E-state index is -0.847. The van der Waals surface area contributed by atoms with E-state index in [1.807, 2.05) is 17.8 Å². The summed E-state index contributed by atoms with van der Waals surface area (Å²) in [5.74, 6) is 0.718. The number of nitrogens with one attached hydrogen (secondary N) is 1. The molecule has 4 nitrogen and oxygen atoms in total. The third kappa shape index (κ3) is 2.56. The molecule has 0 saturated heterocycles. The summed E-state index contributed by atoms with van der Waals surface area (Å²) >= 11 is 0. The fourth-order valence-electron chi connectivity index (χ4n) is 1.50. The molecule has 0 radical (unpaired) electrons. The molecule has 0 spiro atoms. The van der Waals surface area contributed by atoms with E-state index >= 15 is 0 Å². The molecule has 1 aromatic heterocycles. The second kappa shape index (κ2) is 4.57. The SMILES string of the molecule is CCNCCC(C)(O)c1nccn1C. The maximum absolute atomic E-state index is 10.2. The lowest BCUT2D eigenvalue weighted by atomic mass is 10.0. The third-order valence-electron chi connectivity index (χ3n) is 2.34. The van der Waals surface area contributed by atoms with E-state index in [-0.39, 0.29) is 0 Å². The van der Waals surface area contributed by atoms with Crippen LogP contribution in [0.5, 0.6) is 0 Å². The minimum absolute atomic E-state index is 0.672. The zero-order valence-corrected chi connectivity index (χ0v) is 9.12. The topological polar surface area (TPSA) is 50.1 Å². The maximum Gasteiger partial charge on any atom is 0.140 e. The van der Waals surface area contributed by atoms with Gasteiger partial charge in [0, 0.05) is 19.4 Å². The Hall–Kier alpha value is -0.870. The van der Waals surface area contributed by atoms with Crippen molar-refractivity contribution in [3.8, 4) is 0 Å². The van der Waals surface area contributed by atoms with Crippen LogP contribution in [0.1, 0.15) is 26.1 Å². The smallest absolute Gasteiger partial charge is 0.140 e. The summed E-state index contributed by atoms with van der Waals surface area (Å²) in [6, 6.07) is 0. The van der Waals surface area contributed by atoms with E-state index in [1.54, 1.807) is 13.1 Å². The molecule has 14 heavy (non-hydrogen) atoms. The normalized spacial score (nSPS) is 15.4. The quantitative estimate of drug-likeness (QED) is 0.681. The number of aromatic nitrogens is 2. The van der Waals surface area contributed by atoms with Gasteiger partial charge in [-0.3, -0.25) is 0 Å². The van der Waals surface area contributed by atoms with Crippen molar-refractivity contribution in [2.45, 2.75) is 25.9 Å². The second-order valence-corrected chi connectivity index (χ2v) is 3.74. The molecule has 0 saturated carbocycles. The van der Waals surface area contributed by atoms with Gasteiger partial charge in [-0.1, -0.05) is 6.92 Å². The zero-order chi connectivity index (χ0) is 10.6. The Morgan fingerprint density at radius 3 is 2.86 bits per heavy atom. The molecule has 0 amide bonds. The number of rotatable bonds is 5. The highest BCUT2D eigenvalue weighted by atomic mass is 16.3. The lowest BCUT2D eigenvalue weighted by Gasteiger charge is -2.22. The fraction of sp³-hybridized carbons (Fsp3) is 0.700. The molecule has 1 unspecified atom stereocenters. The minimum Gasteiger partial charge on any atom is -0.382 e. The lowest BCUT2D eigenvalue weighted by molar-refractivity contribution is 0.0362. The molecule has 1 rings (SSSR count). The van der Waals surface area contributed by atoms with E-state index in [9.17, 15) is 5.11 Å². The van der Waals surface area contributed by atoms with Gasteiger partial charge < -0.3 is 15.0 Å². The molecule has 80 valence electrons. The summed E-state index contributed by atoms with van der Waals surface area (Å²) < 4.78 is 1.85. The van der Waals surface area contributed by atoms with Gasteiger partial charge in [-0.25, -0.2) is 4.98 Å². The molecule has 4 heteroatoms. The molecule has 0 fully saturated rings. The van der Waals surface area contributed by atoms with Crippen LogP contribution >= 0.6 is 0 Å². The molecule has 1 heterocycles. The Kier molecular flexibility index (Phi) is 3.66. The first-order valence-electron chi connectivity index (χ1n) is 4.99. The molecule has 0 aliphatic heterocycles. The first-order valence-corrected chi connectivity index (χ1v) is 4.99. The van der Waals surface area contributed by atoms with Crippen LogP contribution in [0.15, 0.2) is 12.4 Å². The first-order chi connectivity index (χ1) is 6.58. The summed E-state index contributed by atoms with van der Waals surface area (Å²) in [6.07, 6.45) is 4.22. The highest BCUT2D eigenvalue weighted by Crippen LogP contribution is 2.21. The number of hydrogen-bond acceptors (Lipinski definition) is 3. The van der Waals surface area contributed by atoms with Crippen LogP contribution in [0.2, 0.25) is 0 Å².